The monoisotopic (exact) mass is 504 g/mol. The van der Waals surface area contributed by atoms with Gasteiger partial charge in [0.1, 0.15) is 5.75 Å². The van der Waals surface area contributed by atoms with Gasteiger partial charge in [0, 0.05) is 27.8 Å². The summed E-state index contributed by atoms with van der Waals surface area (Å²) in [5, 5.41) is 0.648. The number of amides is 1. The summed E-state index contributed by atoms with van der Waals surface area (Å²) in [4.78, 5) is 28.0. The van der Waals surface area contributed by atoms with E-state index in [1.54, 1.807) is 25.0 Å². The normalized spacial score (nSPS) is 14.7. The quantitative estimate of drug-likeness (QED) is 0.308. The van der Waals surface area contributed by atoms with Crippen LogP contribution in [0.25, 0.3) is 11.8 Å². The lowest BCUT2D eigenvalue weighted by atomic mass is 10.0. The van der Waals surface area contributed by atoms with Crippen LogP contribution in [0.3, 0.4) is 0 Å². The molecule has 1 aliphatic rings. The predicted molar refractivity (Wildman–Crippen MR) is 141 cm³/mol. The molecule has 7 heteroatoms. The van der Waals surface area contributed by atoms with Crippen LogP contribution < -0.4 is 4.74 Å². The van der Waals surface area contributed by atoms with Crippen molar-refractivity contribution in [3.8, 4) is 11.4 Å². The minimum Gasteiger partial charge on any atom is -0.497 e. The lowest BCUT2D eigenvalue weighted by molar-refractivity contribution is -0.136. The summed E-state index contributed by atoms with van der Waals surface area (Å²) in [5.74, 6) is -0.0452. The SMILES string of the molecule is COC(=O)C1=C(C)N(Cc2ccc(OC)cc2)C(=O)/C1=C\c1cc(C)n(-c2cc(Cl)ccc2C)c1C. The fraction of sp³-hybridized carbons (Fsp3) is 0.241. The molecule has 2 aromatic carbocycles. The van der Waals surface area contributed by atoms with Crippen LogP contribution in [0, 0.1) is 20.8 Å². The maximum Gasteiger partial charge on any atom is 0.340 e. The lowest BCUT2D eigenvalue weighted by Crippen LogP contribution is -2.24. The van der Waals surface area contributed by atoms with Crippen LogP contribution >= 0.6 is 11.6 Å². The summed E-state index contributed by atoms with van der Waals surface area (Å²) in [6.45, 7) is 8.12. The molecule has 0 fully saturated rings. The van der Waals surface area contributed by atoms with Gasteiger partial charge in [-0.3, -0.25) is 4.79 Å². The summed E-state index contributed by atoms with van der Waals surface area (Å²) in [7, 11) is 2.93. The fourth-order valence-electron chi connectivity index (χ4n) is 4.62. The Balaban J connectivity index is 1.77. The van der Waals surface area contributed by atoms with Crippen molar-refractivity contribution < 1.29 is 19.1 Å². The second kappa shape index (κ2) is 10.1. The highest BCUT2D eigenvalue weighted by Crippen LogP contribution is 2.35. The van der Waals surface area contributed by atoms with Gasteiger partial charge in [-0.05, 0) is 80.8 Å². The zero-order valence-corrected chi connectivity index (χ0v) is 22.1. The summed E-state index contributed by atoms with van der Waals surface area (Å²) < 4.78 is 12.4. The molecule has 1 aliphatic heterocycles. The molecule has 4 rings (SSSR count). The first-order chi connectivity index (χ1) is 17.2. The Bertz CT molecular complexity index is 1410. The minimum atomic E-state index is -0.538. The van der Waals surface area contributed by atoms with Crippen LogP contribution in [0.2, 0.25) is 5.02 Å². The molecule has 3 aromatic rings. The first-order valence-corrected chi connectivity index (χ1v) is 12.0. The van der Waals surface area contributed by atoms with Gasteiger partial charge in [-0.2, -0.15) is 0 Å². The van der Waals surface area contributed by atoms with Crippen molar-refractivity contribution in [2.75, 3.05) is 14.2 Å². The zero-order chi connectivity index (χ0) is 26.1. The van der Waals surface area contributed by atoms with Gasteiger partial charge < -0.3 is 18.9 Å². The molecule has 0 aliphatic carbocycles. The molecule has 186 valence electrons. The number of methoxy groups -OCH3 is 2. The number of aromatic nitrogens is 1. The Hall–Kier alpha value is -3.77. The highest BCUT2D eigenvalue weighted by atomic mass is 35.5. The third-order valence-electron chi connectivity index (χ3n) is 6.58. The molecule has 2 heterocycles. The van der Waals surface area contributed by atoms with Crippen LogP contribution in [0.15, 0.2) is 65.4 Å². The molecule has 0 saturated heterocycles. The topological polar surface area (TPSA) is 60.8 Å². The number of rotatable bonds is 6. The van der Waals surface area contributed by atoms with E-state index in [-0.39, 0.29) is 11.5 Å². The molecule has 0 radical (unpaired) electrons. The highest BCUT2D eigenvalue weighted by Gasteiger charge is 2.37. The zero-order valence-electron chi connectivity index (χ0n) is 21.3. The molecule has 6 nitrogen and oxygen atoms in total. The standard InChI is InChI=1S/C29H29ClN2O4/c1-17-7-10-23(30)15-26(17)32-18(2)13-22(19(32)3)14-25-27(29(34)36-6)20(4)31(28(25)33)16-21-8-11-24(35-5)12-9-21/h7-15H,16H2,1-6H3/b25-14-. The Labute approximate surface area is 216 Å². The number of hydrogen-bond acceptors (Lipinski definition) is 4. The van der Waals surface area contributed by atoms with E-state index in [0.29, 0.717) is 22.8 Å². The summed E-state index contributed by atoms with van der Waals surface area (Å²) in [6, 6.07) is 15.3. The summed E-state index contributed by atoms with van der Waals surface area (Å²) in [5.41, 5.74) is 6.90. The van der Waals surface area contributed by atoms with Crippen LogP contribution in [-0.2, 0) is 20.9 Å². The number of allylic oxidation sites excluding steroid dienone is 1. The third-order valence-corrected chi connectivity index (χ3v) is 6.82. The lowest BCUT2D eigenvalue weighted by Gasteiger charge is -2.18. The molecule has 0 saturated carbocycles. The van der Waals surface area contributed by atoms with E-state index in [1.165, 1.54) is 7.11 Å². The number of carbonyl (C=O) groups is 2. The van der Waals surface area contributed by atoms with Gasteiger partial charge in [0.2, 0.25) is 0 Å². The second-order valence-electron chi connectivity index (χ2n) is 8.84. The molecule has 0 unspecified atom stereocenters. The van der Waals surface area contributed by atoms with E-state index in [4.69, 9.17) is 21.1 Å². The smallest absolute Gasteiger partial charge is 0.340 e. The number of halogens is 1. The van der Waals surface area contributed by atoms with Crippen LogP contribution in [-0.4, -0.2) is 35.6 Å². The molecule has 1 aromatic heterocycles. The first kappa shape index (κ1) is 25.3. The van der Waals surface area contributed by atoms with Crippen molar-refractivity contribution in [3.05, 3.63) is 98.5 Å². The van der Waals surface area contributed by atoms with Gasteiger partial charge in [-0.25, -0.2) is 4.79 Å². The van der Waals surface area contributed by atoms with E-state index < -0.39 is 5.97 Å². The molecule has 0 N–H and O–H groups in total. The number of ether oxygens (including phenoxy) is 2. The Morgan fingerprint density at radius 3 is 2.33 bits per heavy atom. The van der Waals surface area contributed by atoms with Gasteiger partial charge in [0.05, 0.1) is 31.9 Å². The van der Waals surface area contributed by atoms with E-state index in [0.717, 1.165) is 39.5 Å². The molecule has 36 heavy (non-hydrogen) atoms. The number of carbonyl (C=O) groups excluding carboxylic acids is 2. The molecule has 0 atom stereocenters. The van der Waals surface area contributed by atoms with Gasteiger partial charge >= 0.3 is 5.97 Å². The predicted octanol–water partition coefficient (Wildman–Crippen LogP) is 5.94. The minimum absolute atomic E-state index is 0.243. The molecular weight excluding hydrogens is 476 g/mol. The largest absolute Gasteiger partial charge is 0.497 e. The van der Waals surface area contributed by atoms with Gasteiger partial charge in [0.25, 0.3) is 5.91 Å². The number of aryl methyl sites for hydroxylation is 2. The van der Waals surface area contributed by atoms with Gasteiger partial charge in [-0.15, -0.1) is 0 Å². The Kier molecular flexibility index (Phi) is 7.09. The Morgan fingerprint density at radius 1 is 1.00 bits per heavy atom. The van der Waals surface area contributed by atoms with Crippen molar-refractivity contribution in [3.63, 3.8) is 0 Å². The van der Waals surface area contributed by atoms with Crippen molar-refractivity contribution in [2.24, 2.45) is 0 Å². The number of benzene rings is 2. The van der Waals surface area contributed by atoms with Crippen molar-refractivity contribution in [2.45, 2.75) is 34.2 Å². The van der Waals surface area contributed by atoms with Gasteiger partial charge in [0.15, 0.2) is 0 Å². The summed E-state index contributed by atoms with van der Waals surface area (Å²) in [6.07, 6.45) is 1.78. The maximum atomic E-state index is 13.6. The second-order valence-corrected chi connectivity index (χ2v) is 9.28. The average Bonchev–Trinajstić information content (AvgIpc) is 3.27. The number of esters is 1. The Morgan fingerprint density at radius 2 is 1.69 bits per heavy atom. The number of nitrogens with zero attached hydrogens (tertiary/aromatic N) is 2. The maximum absolute atomic E-state index is 13.6. The molecule has 1 amide bonds. The van der Waals surface area contributed by atoms with E-state index in [9.17, 15) is 9.59 Å². The average molecular weight is 505 g/mol. The van der Waals surface area contributed by atoms with Crippen molar-refractivity contribution in [1.82, 2.24) is 9.47 Å². The molecular formula is C29H29ClN2O4. The molecule has 0 spiro atoms. The first-order valence-electron chi connectivity index (χ1n) is 11.6. The summed E-state index contributed by atoms with van der Waals surface area (Å²) >= 11 is 6.28. The number of hydrogen-bond donors (Lipinski definition) is 0. The van der Waals surface area contributed by atoms with Crippen LogP contribution in [0.5, 0.6) is 5.75 Å². The van der Waals surface area contributed by atoms with E-state index >= 15 is 0 Å². The van der Waals surface area contributed by atoms with Crippen molar-refractivity contribution in [1.29, 1.82) is 0 Å². The van der Waals surface area contributed by atoms with Crippen LogP contribution in [0.4, 0.5) is 0 Å². The third kappa shape index (κ3) is 4.56. The fourth-order valence-corrected chi connectivity index (χ4v) is 4.78. The van der Waals surface area contributed by atoms with Gasteiger partial charge in [-0.1, -0.05) is 29.8 Å². The van der Waals surface area contributed by atoms with Crippen molar-refractivity contribution >= 4 is 29.6 Å². The highest BCUT2D eigenvalue weighted by molar-refractivity contribution is 6.30. The molecule has 0 bridgehead atoms. The van der Waals surface area contributed by atoms with E-state index in [2.05, 4.69) is 4.57 Å². The van der Waals surface area contributed by atoms with E-state index in [1.807, 2.05) is 69.3 Å². The van der Waals surface area contributed by atoms with Crippen LogP contribution in [0.1, 0.15) is 35.0 Å².